The Morgan fingerprint density at radius 3 is 1.77 bits per heavy atom. The average molecular weight is 837 g/mol. The molecule has 0 aromatic carbocycles. The maximum absolute atomic E-state index is 12.3. The summed E-state index contributed by atoms with van der Waals surface area (Å²) in [7, 11) is 3.59. The Kier molecular flexibility index (Phi) is 13.3. The van der Waals surface area contributed by atoms with Gasteiger partial charge in [-0.25, -0.2) is 17.6 Å². The van der Waals surface area contributed by atoms with Crippen molar-refractivity contribution in [3.05, 3.63) is 64.6 Å². The lowest BCUT2D eigenvalue weighted by atomic mass is 10.1. The maximum atomic E-state index is 12.3. The molecule has 0 aliphatic heterocycles. The number of hydrogen-bond donors (Lipinski definition) is 1. The lowest BCUT2D eigenvalue weighted by Crippen LogP contribution is -2.06. The lowest BCUT2D eigenvalue weighted by molar-refractivity contribution is 0.111. The van der Waals surface area contributed by atoms with Gasteiger partial charge in [-0.05, 0) is 54.5 Å². The van der Waals surface area contributed by atoms with Crippen molar-refractivity contribution in [3.63, 3.8) is 0 Å². The summed E-state index contributed by atoms with van der Waals surface area (Å²) < 4.78 is 55.8. The van der Waals surface area contributed by atoms with Crippen molar-refractivity contribution in [2.75, 3.05) is 0 Å². The first-order chi connectivity index (χ1) is 18.2. The van der Waals surface area contributed by atoms with Crippen molar-refractivity contribution >= 4 is 83.9 Å². The zero-order valence-electron chi connectivity index (χ0n) is 19.9. The second-order valence-electron chi connectivity index (χ2n) is 7.49. The summed E-state index contributed by atoms with van der Waals surface area (Å²) in [5.74, 6) is 0. The molecule has 0 bridgehead atoms. The summed E-state index contributed by atoms with van der Waals surface area (Å²) in [6.45, 7) is -1.12. The van der Waals surface area contributed by atoms with E-state index in [0.717, 1.165) is 17.5 Å². The molecule has 0 aliphatic rings. The molecule has 4 aromatic heterocycles. The molecule has 4 rings (SSSR count). The van der Waals surface area contributed by atoms with E-state index in [1.54, 1.807) is 17.9 Å². The van der Waals surface area contributed by atoms with Gasteiger partial charge in [0.2, 0.25) is 0 Å². The van der Waals surface area contributed by atoms with E-state index < -0.39 is 32.0 Å². The molecule has 0 radical (unpaired) electrons. The number of rotatable bonds is 7. The standard InChI is InChI=1S/C10H10BrClF2N4O.C6H5ClF2N2O.C4H4BrIN2/c1-17-2-5(9(11)15-17)8(19)6-3-18(4-7(13)14)16-10(6)12;7-6-4(3-12)1-11(10-6)2-5(8)9;1-8-2-3(6)4(5)7-8/h2-3,7-8,19H,4H2,1H3;1,3,5H,2H2;2H,1H3. The van der Waals surface area contributed by atoms with E-state index in [-0.39, 0.29) is 21.4 Å². The molecule has 0 saturated heterocycles. The first-order valence-corrected chi connectivity index (χ1v) is 13.8. The topological polar surface area (TPSA) is 109 Å². The van der Waals surface area contributed by atoms with E-state index in [0.29, 0.717) is 16.5 Å². The van der Waals surface area contributed by atoms with Gasteiger partial charge in [-0.1, -0.05) is 23.2 Å². The Hall–Kier alpha value is -1.54. The number of nitrogens with zero attached hydrogens (tertiary/aromatic N) is 8. The van der Waals surface area contributed by atoms with Crippen LogP contribution in [0.15, 0.2) is 34.0 Å². The number of aliphatic hydroxyl groups excluding tert-OH is 1. The van der Waals surface area contributed by atoms with Gasteiger partial charge in [-0.15, -0.1) is 0 Å². The predicted octanol–water partition coefficient (Wildman–Crippen LogP) is 5.78. The summed E-state index contributed by atoms with van der Waals surface area (Å²) >= 11 is 20.0. The summed E-state index contributed by atoms with van der Waals surface area (Å²) in [6.07, 6.45) is 0.394. The monoisotopic (exact) mass is 834 g/mol. The zero-order chi connectivity index (χ0) is 29.4. The van der Waals surface area contributed by atoms with Crippen LogP contribution in [0.2, 0.25) is 10.3 Å². The van der Waals surface area contributed by atoms with Crippen molar-refractivity contribution in [1.82, 2.24) is 39.1 Å². The molecule has 0 spiro atoms. The third kappa shape index (κ3) is 10.4. The Bertz CT molecular complexity index is 1360. The van der Waals surface area contributed by atoms with E-state index in [2.05, 4.69) is 74.8 Å². The van der Waals surface area contributed by atoms with Crippen LogP contribution in [0.25, 0.3) is 0 Å². The van der Waals surface area contributed by atoms with Crippen molar-refractivity contribution in [2.24, 2.45) is 14.1 Å². The number of aliphatic hydroxyl groups is 1. The molecular formula is C20H19Br2Cl2F4IN8O2. The zero-order valence-corrected chi connectivity index (χ0v) is 26.7. The molecular weight excluding hydrogens is 818 g/mol. The number of carbonyl (C=O) groups excluding carboxylic acids is 1. The fourth-order valence-corrected chi connectivity index (χ4v) is 4.69. The van der Waals surface area contributed by atoms with E-state index in [1.807, 2.05) is 13.2 Å². The van der Waals surface area contributed by atoms with Crippen LogP contribution in [0.3, 0.4) is 0 Å². The van der Waals surface area contributed by atoms with Gasteiger partial charge < -0.3 is 5.11 Å². The fourth-order valence-electron chi connectivity index (χ4n) is 2.82. The van der Waals surface area contributed by atoms with E-state index in [9.17, 15) is 27.5 Å². The Balaban J connectivity index is 0.000000227. The summed E-state index contributed by atoms with van der Waals surface area (Å²) in [5, 5.41) is 25.4. The van der Waals surface area contributed by atoms with Gasteiger partial charge in [-0.2, -0.15) is 20.4 Å². The highest BCUT2D eigenvalue weighted by molar-refractivity contribution is 14.1. The molecule has 0 saturated carbocycles. The molecule has 0 amide bonds. The van der Waals surface area contributed by atoms with Gasteiger partial charge >= 0.3 is 0 Å². The maximum Gasteiger partial charge on any atom is 0.257 e. The third-order valence-electron chi connectivity index (χ3n) is 4.40. The fraction of sp³-hybridized carbons (Fsp3) is 0.350. The molecule has 19 heteroatoms. The molecule has 10 nitrogen and oxygen atoms in total. The van der Waals surface area contributed by atoms with Gasteiger partial charge in [0.25, 0.3) is 12.9 Å². The van der Waals surface area contributed by atoms with Crippen molar-refractivity contribution in [3.8, 4) is 0 Å². The molecule has 0 aliphatic carbocycles. The minimum Gasteiger partial charge on any atom is -0.383 e. The molecule has 1 N–H and O–H groups in total. The Morgan fingerprint density at radius 2 is 1.38 bits per heavy atom. The van der Waals surface area contributed by atoms with Crippen molar-refractivity contribution in [2.45, 2.75) is 32.0 Å². The van der Waals surface area contributed by atoms with Crippen molar-refractivity contribution in [1.29, 1.82) is 0 Å². The number of aryl methyl sites for hydroxylation is 2. The number of carbonyl (C=O) groups is 1. The highest BCUT2D eigenvalue weighted by Gasteiger charge is 2.22. The van der Waals surface area contributed by atoms with Crippen LogP contribution < -0.4 is 0 Å². The third-order valence-corrected chi connectivity index (χ3v) is 7.72. The lowest BCUT2D eigenvalue weighted by Gasteiger charge is -2.06. The SMILES string of the molecule is Cn1cc(C(O)c2cn(CC(F)F)nc2Cl)c(Br)n1.Cn1cc(I)c(Br)n1.O=Cc1cn(CC(F)F)nc1Cl. The smallest absolute Gasteiger partial charge is 0.257 e. The Labute approximate surface area is 259 Å². The van der Waals surface area contributed by atoms with Crippen molar-refractivity contribution < 1.29 is 27.5 Å². The average Bonchev–Trinajstić information content (AvgIpc) is 3.54. The predicted molar refractivity (Wildman–Crippen MR) is 150 cm³/mol. The normalized spacial score (nSPS) is 11.7. The quantitative estimate of drug-likeness (QED) is 0.144. The van der Waals surface area contributed by atoms with Crippen LogP contribution in [0.5, 0.6) is 0 Å². The van der Waals surface area contributed by atoms with Crippen LogP contribution in [-0.4, -0.2) is 63.4 Å². The second kappa shape index (κ2) is 15.5. The summed E-state index contributed by atoms with van der Waals surface area (Å²) in [5.41, 5.74) is 0.870. The van der Waals surface area contributed by atoms with E-state index >= 15 is 0 Å². The highest BCUT2D eigenvalue weighted by Crippen LogP contribution is 2.31. The van der Waals surface area contributed by atoms with Crippen LogP contribution in [0, 0.1) is 3.57 Å². The minimum absolute atomic E-state index is 0.0103. The molecule has 1 atom stereocenters. The van der Waals surface area contributed by atoms with Crippen LogP contribution in [0.4, 0.5) is 17.6 Å². The first-order valence-electron chi connectivity index (χ1n) is 10.4. The first kappa shape index (κ1) is 33.7. The number of hydrogen-bond acceptors (Lipinski definition) is 6. The molecule has 214 valence electrons. The van der Waals surface area contributed by atoms with E-state index in [4.69, 9.17) is 23.2 Å². The molecule has 1 unspecified atom stereocenters. The van der Waals surface area contributed by atoms with E-state index in [1.165, 1.54) is 17.1 Å². The molecule has 4 heterocycles. The van der Waals surface area contributed by atoms with Gasteiger partial charge in [0, 0.05) is 50.0 Å². The van der Waals surface area contributed by atoms with Crippen LogP contribution >= 0.6 is 77.7 Å². The number of aldehydes is 1. The van der Waals surface area contributed by atoms with Gasteiger partial charge in [0.1, 0.15) is 28.4 Å². The number of alkyl halides is 4. The summed E-state index contributed by atoms with van der Waals surface area (Å²) in [6, 6.07) is 0. The molecule has 0 fully saturated rings. The Morgan fingerprint density at radius 1 is 0.872 bits per heavy atom. The van der Waals surface area contributed by atoms with Gasteiger partial charge in [0.15, 0.2) is 16.6 Å². The molecule has 4 aromatic rings. The van der Waals surface area contributed by atoms with Gasteiger partial charge in [-0.3, -0.25) is 23.5 Å². The van der Waals surface area contributed by atoms with Crippen LogP contribution in [-0.2, 0) is 27.2 Å². The second-order valence-corrected chi connectivity index (χ2v) is 10.9. The highest BCUT2D eigenvalue weighted by atomic mass is 127. The minimum atomic E-state index is -2.54. The van der Waals surface area contributed by atoms with Gasteiger partial charge in [0.05, 0.1) is 9.13 Å². The summed E-state index contributed by atoms with van der Waals surface area (Å²) in [4.78, 5) is 10.2. The van der Waals surface area contributed by atoms with Crippen LogP contribution in [0.1, 0.15) is 27.6 Å². The number of halogens is 9. The largest absolute Gasteiger partial charge is 0.383 e. The molecule has 39 heavy (non-hydrogen) atoms. The number of aromatic nitrogens is 8.